The maximum absolute atomic E-state index is 13.8. The van der Waals surface area contributed by atoms with Crippen LogP contribution in [-0.2, 0) is 32.7 Å². The van der Waals surface area contributed by atoms with E-state index in [0.29, 0.717) is 23.0 Å². The Morgan fingerprint density at radius 1 is 1.47 bits per heavy atom. The number of rotatable bonds is 2. The van der Waals surface area contributed by atoms with E-state index in [-0.39, 0.29) is 44.0 Å². The van der Waals surface area contributed by atoms with E-state index in [1.165, 1.54) is 24.3 Å². The van der Waals surface area contributed by atoms with Gasteiger partial charge >= 0.3 is 0 Å². The van der Waals surface area contributed by atoms with E-state index in [2.05, 4.69) is 12.7 Å². The van der Waals surface area contributed by atoms with Gasteiger partial charge in [-0.15, -0.1) is 0 Å². The summed E-state index contributed by atoms with van der Waals surface area (Å²) in [6, 6.07) is 4.18. The first kappa shape index (κ1) is 16.4. The van der Waals surface area contributed by atoms with Crippen molar-refractivity contribution in [2.24, 2.45) is 0 Å². The summed E-state index contributed by atoms with van der Waals surface area (Å²) in [5.41, 5.74) is 1.11. The Morgan fingerprint density at radius 3 is 2.74 bits per heavy atom. The van der Waals surface area contributed by atoms with Crippen molar-refractivity contribution in [2.45, 2.75) is 6.92 Å². The van der Waals surface area contributed by atoms with E-state index < -0.39 is 5.82 Å². The van der Waals surface area contributed by atoms with Gasteiger partial charge in [-0.1, -0.05) is 18.3 Å². The zero-order valence-corrected chi connectivity index (χ0v) is 14.0. The number of nitrogens with zero attached hydrogens (tertiary/aromatic N) is 1. The predicted octanol–water partition coefficient (Wildman–Crippen LogP) is 3.64. The van der Waals surface area contributed by atoms with Crippen LogP contribution in [0.4, 0.5) is 4.39 Å². The Hall–Kier alpha value is -0.636. The Balaban J connectivity index is 0.00000180. The molecule has 2 rings (SSSR count). The summed E-state index contributed by atoms with van der Waals surface area (Å²) >= 11 is 5.96. The molecule has 1 N–H and O–H groups in total. The van der Waals surface area contributed by atoms with Crippen LogP contribution in [0.15, 0.2) is 41.6 Å². The van der Waals surface area contributed by atoms with Crippen LogP contribution in [0.1, 0.15) is 12.5 Å². The molecule has 1 aliphatic rings. The van der Waals surface area contributed by atoms with Gasteiger partial charge in [-0.2, -0.15) is 23.8 Å². The molecule has 2 nitrogen and oxygen atoms in total. The van der Waals surface area contributed by atoms with Crippen molar-refractivity contribution in [1.29, 1.82) is 0 Å². The van der Waals surface area contributed by atoms with Crippen LogP contribution in [0.2, 0.25) is 0 Å². The number of benzene rings is 1. The molecule has 0 aliphatic carbocycles. The van der Waals surface area contributed by atoms with Gasteiger partial charge in [0.1, 0.15) is 0 Å². The summed E-state index contributed by atoms with van der Waals surface area (Å²) in [7, 11) is 0. The minimum absolute atomic E-state index is 0. The zero-order valence-electron chi connectivity index (χ0n) is 10.5. The molecule has 1 aromatic rings. The quantitative estimate of drug-likeness (QED) is 0.821. The summed E-state index contributed by atoms with van der Waals surface area (Å²) in [5, 5.41) is 10.3. The number of phenols is 1. The third-order valence-electron chi connectivity index (χ3n) is 2.75. The predicted molar refractivity (Wildman–Crippen MR) is 70.2 cm³/mol. The van der Waals surface area contributed by atoms with Crippen molar-refractivity contribution in [3.05, 3.63) is 59.0 Å². The number of allylic oxidation sites excluding steroid dienone is 3. The third-order valence-corrected chi connectivity index (χ3v) is 3.08. The summed E-state index contributed by atoms with van der Waals surface area (Å²) < 4.78 is 13.8. The van der Waals surface area contributed by atoms with Gasteiger partial charge in [0.15, 0.2) is 0 Å². The number of aromatic hydroxyl groups is 1. The van der Waals surface area contributed by atoms with E-state index in [1.807, 2.05) is 6.92 Å². The van der Waals surface area contributed by atoms with E-state index in [4.69, 9.17) is 11.6 Å². The molecule has 97 valence electrons. The van der Waals surface area contributed by atoms with Crippen molar-refractivity contribution in [3.63, 3.8) is 0 Å². The second kappa shape index (κ2) is 6.69. The first-order chi connectivity index (χ1) is 8.56. The second-order valence-corrected chi connectivity index (χ2v) is 4.22. The monoisotopic (exact) mass is 353 g/mol. The van der Waals surface area contributed by atoms with Crippen LogP contribution in [-0.4, -0.2) is 16.6 Å². The fourth-order valence-electron chi connectivity index (χ4n) is 1.86. The van der Waals surface area contributed by atoms with Gasteiger partial charge in [-0.05, 0) is 35.3 Å². The normalized spacial score (nSPS) is 14.7. The van der Waals surface area contributed by atoms with Crippen molar-refractivity contribution in [1.82, 2.24) is 4.90 Å². The first-order valence-electron chi connectivity index (χ1n) is 5.50. The van der Waals surface area contributed by atoms with E-state index in [1.54, 1.807) is 4.90 Å². The summed E-state index contributed by atoms with van der Waals surface area (Å²) in [4.78, 5) is 1.71. The molecule has 0 aromatic heterocycles. The van der Waals surface area contributed by atoms with Gasteiger partial charge in [0.25, 0.3) is 0 Å². The van der Waals surface area contributed by atoms with Crippen molar-refractivity contribution < 1.29 is 42.2 Å². The van der Waals surface area contributed by atoms with Crippen molar-refractivity contribution >= 4 is 17.3 Å². The van der Waals surface area contributed by atoms with Crippen LogP contribution in [0.3, 0.4) is 0 Å². The SMILES string of the molecule is C=C1C(Cl)=C[C-]=C(c2c(O)cccc2F)N1CC.[Y]. The summed E-state index contributed by atoms with van der Waals surface area (Å²) in [6.45, 7) is 6.29. The molecular formula is C14H12ClFNOY-. The van der Waals surface area contributed by atoms with Gasteiger partial charge in [0, 0.05) is 39.3 Å². The Labute approximate surface area is 142 Å². The average Bonchev–Trinajstić information content (AvgIpc) is 2.33. The fourth-order valence-corrected chi connectivity index (χ4v) is 2.02. The summed E-state index contributed by atoms with van der Waals surface area (Å²) in [5.74, 6) is -0.634. The standard InChI is InChI=1S/C14H12ClFNO.Y/c1-3-17-9(2)10(15)7-8-12(17)14-11(16)5-4-6-13(14)18;/h4-7,18H,2-3H2,1H3;/q-1;. The Morgan fingerprint density at radius 2 is 2.16 bits per heavy atom. The topological polar surface area (TPSA) is 23.5 Å². The molecule has 0 saturated carbocycles. The average molecular weight is 354 g/mol. The minimum Gasteiger partial charge on any atom is -0.520 e. The van der Waals surface area contributed by atoms with E-state index in [0.717, 1.165) is 0 Å². The van der Waals surface area contributed by atoms with Gasteiger partial charge < -0.3 is 10.0 Å². The van der Waals surface area contributed by atoms with Gasteiger partial charge in [0.05, 0.1) is 11.6 Å². The number of hydrogen-bond donors (Lipinski definition) is 1. The maximum Gasteiger partial charge on any atom is 0.0817 e. The number of likely N-dealkylation sites (N-methyl/N-ethyl adjacent to an activating group) is 1. The molecule has 0 spiro atoms. The van der Waals surface area contributed by atoms with Gasteiger partial charge in [0.2, 0.25) is 0 Å². The first-order valence-corrected chi connectivity index (χ1v) is 5.88. The van der Waals surface area contributed by atoms with Crippen LogP contribution in [0.25, 0.3) is 5.70 Å². The molecule has 1 aromatic carbocycles. The van der Waals surface area contributed by atoms with Gasteiger partial charge in [-0.3, -0.25) is 0 Å². The fraction of sp³-hybridized carbons (Fsp3) is 0.143. The molecule has 1 heterocycles. The molecule has 0 saturated heterocycles. The van der Waals surface area contributed by atoms with Crippen LogP contribution >= 0.6 is 11.6 Å². The molecule has 5 heteroatoms. The molecule has 1 radical (unpaired) electrons. The van der Waals surface area contributed by atoms with Crippen molar-refractivity contribution in [3.8, 4) is 5.75 Å². The minimum atomic E-state index is -0.504. The van der Waals surface area contributed by atoms with Crippen LogP contribution in [0, 0.1) is 11.9 Å². The third kappa shape index (κ3) is 3.10. The number of halogens is 2. The van der Waals surface area contributed by atoms with Crippen molar-refractivity contribution in [2.75, 3.05) is 6.54 Å². The molecule has 0 amide bonds. The smallest absolute Gasteiger partial charge is 0.0817 e. The zero-order chi connectivity index (χ0) is 13.3. The maximum atomic E-state index is 13.8. The molecule has 19 heavy (non-hydrogen) atoms. The van der Waals surface area contributed by atoms with E-state index in [9.17, 15) is 9.50 Å². The molecule has 0 bridgehead atoms. The summed E-state index contributed by atoms with van der Waals surface area (Å²) in [6.07, 6.45) is 4.41. The van der Waals surface area contributed by atoms with E-state index >= 15 is 0 Å². The number of hydrogen-bond acceptors (Lipinski definition) is 2. The van der Waals surface area contributed by atoms with Crippen LogP contribution < -0.4 is 0 Å². The Bertz CT molecular complexity index is 548. The molecule has 0 fully saturated rings. The Kier molecular flexibility index (Phi) is 5.78. The molecular weight excluding hydrogens is 342 g/mol. The molecule has 0 atom stereocenters. The number of phenolic OH excluding ortho intramolecular Hbond substituents is 1. The molecule has 1 aliphatic heterocycles. The van der Waals surface area contributed by atoms with Crippen LogP contribution in [0.5, 0.6) is 5.75 Å². The molecule has 0 unspecified atom stereocenters. The second-order valence-electron chi connectivity index (χ2n) is 3.81. The van der Waals surface area contributed by atoms with Gasteiger partial charge in [-0.25, -0.2) is 4.39 Å². The largest absolute Gasteiger partial charge is 0.520 e.